The Morgan fingerprint density at radius 2 is 2.50 bits per heavy atom. The molecule has 0 saturated heterocycles. The summed E-state index contributed by atoms with van der Waals surface area (Å²) in [5.41, 5.74) is 0. The molecule has 0 spiro atoms. The van der Waals surface area contributed by atoms with E-state index in [1.165, 1.54) is 13.0 Å². The van der Waals surface area contributed by atoms with Crippen LogP contribution in [0.15, 0.2) is 0 Å². The lowest BCUT2D eigenvalue weighted by Crippen LogP contribution is -2.07. The number of carbonyl (C=O) groups excluding carboxylic acids is 1. The van der Waals surface area contributed by atoms with E-state index < -0.39 is 6.10 Å². The van der Waals surface area contributed by atoms with Gasteiger partial charge in [0, 0.05) is 6.42 Å². The fraction of sp³-hybridized carbons (Fsp3) is 0.600. The summed E-state index contributed by atoms with van der Waals surface area (Å²) in [4.78, 5) is 10.1. The van der Waals surface area contributed by atoms with Crippen molar-refractivity contribution in [1.82, 2.24) is 0 Å². The Bertz CT molecular complexity index is 125. The van der Waals surface area contributed by atoms with Gasteiger partial charge in [-0.2, -0.15) is 5.26 Å². The lowest BCUT2D eigenvalue weighted by molar-refractivity contribution is -0.118. The van der Waals surface area contributed by atoms with E-state index in [0.717, 1.165) is 0 Å². The molecule has 0 amide bonds. The fourth-order valence-electron chi connectivity index (χ4n) is 0.318. The van der Waals surface area contributed by atoms with Crippen molar-refractivity contribution in [3.8, 4) is 6.07 Å². The van der Waals surface area contributed by atoms with Crippen LogP contribution in [0.3, 0.4) is 0 Å². The Balaban J connectivity index is 3.43. The lowest BCUT2D eigenvalue weighted by atomic mass is 10.2. The van der Waals surface area contributed by atoms with Crippen LogP contribution >= 0.6 is 0 Å². The third-order valence-corrected chi connectivity index (χ3v) is 0.630. The van der Waals surface area contributed by atoms with Gasteiger partial charge in [0.2, 0.25) is 0 Å². The highest BCUT2D eigenvalue weighted by Crippen LogP contribution is 1.88. The number of hydrogen-bond donors (Lipinski definition) is 1. The molecule has 0 bridgehead atoms. The quantitative estimate of drug-likeness (QED) is 0.506. The average Bonchev–Trinajstić information content (AvgIpc) is 1.65. The first-order valence-electron chi connectivity index (χ1n) is 2.24. The molecule has 0 radical (unpaired) electrons. The van der Waals surface area contributed by atoms with Gasteiger partial charge < -0.3 is 5.11 Å². The van der Waals surface area contributed by atoms with E-state index in [0.29, 0.717) is 0 Å². The second kappa shape index (κ2) is 3.16. The van der Waals surface area contributed by atoms with Crippen molar-refractivity contribution < 1.29 is 9.90 Å². The van der Waals surface area contributed by atoms with Crippen LogP contribution in [0.2, 0.25) is 0 Å². The van der Waals surface area contributed by atoms with Crippen LogP contribution in [-0.4, -0.2) is 17.0 Å². The predicted molar refractivity (Wildman–Crippen MR) is 26.9 cm³/mol. The van der Waals surface area contributed by atoms with Crippen LogP contribution < -0.4 is 0 Å². The Morgan fingerprint density at radius 3 is 2.62 bits per heavy atom. The zero-order chi connectivity index (χ0) is 6.57. The number of aliphatic hydroxyl groups is 1. The van der Waals surface area contributed by atoms with Crippen molar-refractivity contribution in [2.45, 2.75) is 19.4 Å². The largest absolute Gasteiger partial charge is 0.378 e. The van der Waals surface area contributed by atoms with Gasteiger partial charge in [0.05, 0.1) is 6.07 Å². The van der Waals surface area contributed by atoms with Crippen LogP contribution in [0.4, 0.5) is 0 Å². The summed E-state index contributed by atoms with van der Waals surface area (Å²) in [5.74, 6) is -0.168. The van der Waals surface area contributed by atoms with Crippen LogP contribution in [0.1, 0.15) is 13.3 Å². The van der Waals surface area contributed by atoms with Crippen molar-refractivity contribution in [1.29, 1.82) is 5.26 Å². The van der Waals surface area contributed by atoms with Gasteiger partial charge in [0.25, 0.3) is 0 Å². The van der Waals surface area contributed by atoms with E-state index in [4.69, 9.17) is 10.4 Å². The lowest BCUT2D eigenvalue weighted by Gasteiger charge is -1.92. The van der Waals surface area contributed by atoms with E-state index >= 15 is 0 Å². The van der Waals surface area contributed by atoms with Crippen molar-refractivity contribution in [2.24, 2.45) is 0 Å². The van der Waals surface area contributed by atoms with Crippen molar-refractivity contribution >= 4 is 5.78 Å². The summed E-state index contributed by atoms with van der Waals surface area (Å²) >= 11 is 0. The number of carbonyl (C=O) groups is 1. The van der Waals surface area contributed by atoms with Crippen LogP contribution in [0.25, 0.3) is 0 Å². The third kappa shape index (κ3) is 3.32. The minimum atomic E-state index is -1.12. The minimum absolute atomic E-state index is 0.0590. The topological polar surface area (TPSA) is 61.1 Å². The molecule has 0 heterocycles. The van der Waals surface area contributed by atoms with Gasteiger partial charge in [-0.3, -0.25) is 4.79 Å². The molecule has 44 valence electrons. The minimum Gasteiger partial charge on any atom is -0.378 e. The molecule has 0 aliphatic carbocycles. The zero-order valence-electron chi connectivity index (χ0n) is 4.59. The molecule has 0 rings (SSSR count). The van der Waals surface area contributed by atoms with E-state index in [9.17, 15) is 4.79 Å². The summed E-state index contributed by atoms with van der Waals surface area (Å²) < 4.78 is 0. The Hall–Kier alpha value is -0.880. The normalized spacial score (nSPS) is 12.1. The second-order valence-corrected chi connectivity index (χ2v) is 1.55. The number of nitrogens with zero attached hydrogens (tertiary/aromatic N) is 1. The van der Waals surface area contributed by atoms with Gasteiger partial charge in [-0.1, -0.05) is 0 Å². The maximum absolute atomic E-state index is 10.1. The molecule has 1 atom stereocenters. The molecule has 8 heavy (non-hydrogen) atoms. The summed E-state index contributed by atoms with van der Waals surface area (Å²) in [6.45, 7) is 1.33. The third-order valence-electron chi connectivity index (χ3n) is 0.630. The second-order valence-electron chi connectivity index (χ2n) is 1.55. The molecule has 0 saturated carbocycles. The number of Topliss-reactive ketones (excluding diaryl/α,β-unsaturated/α-hetero) is 1. The fourth-order valence-corrected chi connectivity index (χ4v) is 0.318. The summed E-state index contributed by atoms with van der Waals surface area (Å²) in [7, 11) is 0. The molecule has 0 aromatic heterocycles. The average molecular weight is 113 g/mol. The first-order valence-corrected chi connectivity index (χ1v) is 2.24. The zero-order valence-corrected chi connectivity index (χ0v) is 4.59. The highest BCUT2D eigenvalue weighted by atomic mass is 16.3. The summed E-state index contributed by atoms with van der Waals surface area (Å²) in [6, 6.07) is 1.53. The van der Waals surface area contributed by atoms with Gasteiger partial charge in [-0.25, -0.2) is 0 Å². The van der Waals surface area contributed by atoms with E-state index in [1.54, 1.807) is 0 Å². The highest BCUT2D eigenvalue weighted by Gasteiger charge is 2.02. The molecule has 0 aromatic carbocycles. The van der Waals surface area contributed by atoms with E-state index in [1.807, 2.05) is 0 Å². The standard InChI is InChI=1S/C5H7NO2/c1-4(7)2-5(8)3-6/h5,8H,2H2,1H3. The molecular formula is C5H7NO2. The predicted octanol–water partition coefficient (Wildman–Crippen LogP) is -0.150. The van der Waals surface area contributed by atoms with Gasteiger partial charge in [0.15, 0.2) is 0 Å². The monoisotopic (exact) mass is 113 g/mol. The summed E-state index contributed by atoms with van der Waals surface area (Å²) in [6.07, 6.45) is -1.18. The van der Waals surface area contributed by atoms with E-state index in [-0.39, 0.29) is 12.2 Å². The smallest absolute Gasteiger partial charge is 0.147 e. The first kappa shape index (κ1) is 7.12. The molecule has 0 aliphatic rings. The number of aliphatic hydroxyl groups excluding tert-OH is 1. The van der Waals surface area contributed by atoms with Crippen LogP contribution in [-0.2, 0) is 4.79 Å². The number of ketones is 1. The van der Waals surface area contributed by atoms with Crippen molar-refractivity contribution in [2.75, 3.05) is 0 Å². The van der Waals surface area contributed by atoms with Gasteiger partial charge in [0.1, 0.15) is 11.9 Å². The Morgan fingerprint density at radius 1 is 2.00 bits per heavy atom. The first-order chi connectivity index (χ1) is 3.66. The van der Waals surface area contributed by atoms with Gasteiger partial charge in [-0.15, -0.1) is 0 Å². The molecule has 0 fully saturated rings. The molecule has 0 aliphatic heterocycles. The molecule has 0 aromatic rings. The highest BCUT2D eigenvalue weighted by molar-refractivity contribution is 5.76. The molecule has 3 heteroatoms. The number of rotatable bonds is 2. The number of nitriles is 1. The van der Waals surface area contributed by atoms with Gasteiger partial charge >= 0.3 is 0 Å². The van der Waals surface area contributed by atoms with Crippen LogP contribution in [0, 0.1) is 11.3 Å². The molecule has 1 N–H and O–H groups in total. The van der Waals surface area contributed by atoms with Gasteiger partial charge in [-0.05, 0) is 6.92 Å². The van der Waals surface area contributed by atoms with E-state index in [2.05, 4.69) is 0 Å². The molecular weight excluding hydrogens is 106 g/mol. The van der Waals surface area contributed by atoms with Crippen molar-refractivity contribution in [3.05, 3.63) is 0 Å². The van der Waals surface area contributed by atoms with Crippen molar-refractivity contribution in [3.63, 3.8) is 0 Å². The number of hydrogen-bond acceptors (Lipinski definition) is 3. The summed E-state index contributed by atoms with van der Waals surface area (Å²) in [5, 5.41) is 16.4. The molecule has 1 unspecified atom stereocenters. The maximum Gasteiger partial charge on any atom is 0.147 e. The Labute approximate surface area is 47.5 Å². The molecule has 3 nitrogen and oxygen atoms in total. The SMILES string of the molecule is CC(=O)CC(O)C#N. The van der Waals surface area contributed by atoms with Crippen LogP contribution in [0.5, 0.6) is 0 Å². The maximum atomic E-state index is 10.1. The Kier molecular flexibility index (Phi) is 2.82.